The Balaban J connectivity index is 1.74. The highest BCUT2D eigenvalue weighted by Crippen LogP contribution is 2.37. The van der Waals surface area contributed by atoms with Crippen LogP contribution in [-0.2, 0) is 0 Å². The first kappa shape index (κ1) is 11.3. The summed E-state index contributed by atoms with van der Waals surface area (Å²) < 4.78 is 7.45. The van der Waals surface area contributed by atoms with Gasteiger partial charge in [-0.15, -0.1) is 0 Å². The van der Waals surface area contributed by atoms with Crippen LogP contribution in [0.15, 0.2) is 59.5 Å². The maximum atomic E-state index is 5.57. The van der Waals surface area contributed by atoms with Crippen molar-refractivity contribution < 1.29 is 4.42 Å². The van der Waals surface area contributed by atoms with Crippen molar-refractivity contribution in [1.82, 2.24) is 14.8 Å². The van der Waals surface area contributed by atoms with Gasteiger partial charge in [0, 0.05) is 6.42 Å². The number of benzene rings is 1. The molecule has 1 aliphatic rings. The van der Waals surface area contributed by atoms with Gasteiger partial charge in [0.25, 0.3) is 0 Å². The van der Waals surface area contributed by atoms with Crippen LogP contribution in [0.2, 0.25) is 0 Å². The summed E-state index contributed by atoms with van der Waals surface area (Å²) >= 11 is 0. The normalized spacial score (nSPS) is 21.2. The van der Waals surface area contributed by atoms with Gasteiger partial charge in [0.05, 0.1) is 12.3 Å². The number of nitrogens with one attached hydrogen (secondary N) is 1. The number of hydrogen-bond donors (Lipinski definition) is 1. The summed E-state index contributed by atoms with van der Waals surface area (Å²) in [6.45, 7) is 0. The van der Waals surface area contributed by atoms with Crippen molar-refractivity contribution >= 4 is 5.95 Å². The van der Waals surface area contributed by atoms with Crippen molar-refractivity contribution in [2.45, 2.75) is 18.5 Å². The molecule has 0 fully saturated rings. The van der Waals surface area contributed by atoms with Gasteiger partial charge in [0.15, 0.2) is 0 Å². The van der Waals surface area contributed by atoms with E-state index >= 15 is 0 Å². The van der Waals surface area contributed by atoms with Crippen LogP contribution in [0.5, 0.6) is 0 Å². The van der Waals surface area contributed by atoms with Gasteiger partial charge in [-0.05, 0) is 17.7 Å². The minimum Gasteiger partial charge on any atom is -0.467 e. The molecule has 0 aliphatic carbocycles. The molecule has 2 aromatic heterocycles. The quantitative estimate of drug-likeness (QED) is 0.774. The Morgan fingerprint density at radius 3 is 2.85 bits per heavy atom. The Morgan fingerprint density at radius 2 is 2.05 bits per heavy atom. The van der Waals surface area contributed by atoms with Gasteiger partial charge in [0.2, 0.25) is 5.95 Å². The first-order valence-electron chi connectivity index (χ1n) is 6.66. The van der Waals surface area contributed by atoms with Crippen molar-refractivity contribution in [2.24, 2.45) is 0 Å². The third kappa shape index (κ3) is 1.79. The molecule has 0 spiro atoms. The Hall–Kier alpha value is -2.56. The number of nitrogens with zero attached hydrogens (tertiary/aromatic N) is 3. The lowest BCUT2D eigenvalue weighted by Gasteiger charge is -2.30. The summed E-state index contributed by atoms with van der Waals surface area (Å²) in [5.74, 6) is 1.70. The van der Waals surface area contributed by atoms with Crippen molar-refractivity contribution in [3.63, 3.8) is 0 Å². The first-order chi connectivity index (χ1) is 9.92. The molecule has 4 rings (SSSR count). The van der Waals surface area contributed by atoms with E-state index in [1.807, 2.05) is 22.9 Å². The lowest BCUT2D eigenvalue weighted by molar-refractivity contribution is 0.358. The predicted octanol–water partition coefficient (Wildman–Crippen LogP) is 3.02. The maximum Gasteiger partial charge on any atom is 0.222 e. The Bertz CT molecular complexity index is 690. The van der Waals surface area contributed by atoms with Gasteiger partial charge < -0.3 is 9.73 Å². The third-order valence-electron chi connectivity index (χ3n) is 3.70. The molecule has 0 saturated carbocycles. The topological polar surface area (TPSA) is 55.9 Å². The fraction of sp³-hybridized carbons (Fsp3) is 0.200. The summed E-state index contributed by atoms with van der Waals surface area (Å²) in [5, 5.41) is 7.74. The van der Waals surface area contributed by atoms with E-state index in [1.54, 1.807) is 12.6 Å². The zero-order valence-corrected chi connectivity index (χ0v) is 10.8. The Kier molecular flexibility index (Phi) is 2.55. The van der Waals surface area contributed by atoms with Gasteiger partial charge in [-0.3, -0.25) is 0 Å². The highest BCUT2D eigenvalue weighted by atomic mass is 16.3. The number of fused-ring (bicyclic) bond motifs is 1. The summed E-state index contributed by atoms with van der Waals surface area (Å²) in [4.78, 5) is 4.29. The molecule has 1 aliphatic heterocycles. The minimum atomic E-state index is 0.0777. The summed E-state index contributed by atoms with van der Waals surface area (Å²) in [6.07, 6.45) is 4.16. The highest BCUT2D eigenvalue weighted by Gasteiger charge is 2.31. The summed E-state index contributed by atoms with van der Waals surface area (Å²) in [6, 6.07) is 14.6. The molecule has 5 nitrogen and oxygen atoms in total. The van der Waals surface area contributed by atoms with Crippen LogP contribution in [-0.4, -0.2) is 14.8 Å². The van der Waals surface area contributed by atoms with Crippen molar-refractivity contribution in [3.8, 4) is 0 Å². The number of hydrogen-bond acceptors (Lipinski definition) is 4. The molecule has 2 atom stereocenters. The SMILES string of the molecule is c1ccc([C@@H]2C[C@H](c3ccco3)n3ncnc3N2)cc1. The zero-order chi connectivity index (χ0) is 13.4. The molecule has 0 amide bonds. The van der Waals surface area contributed by atoms with Crippen LogP contribution in [0.3, 0.4) is 0 Å². The minimum absolute atomic E-state index is 0.0777. The van der Waals surface area contributed by atoms with Gasteiger partial charge in [-0.2, -0.15) is 10.1 Å². The van der Waals surface area contributed by atoms with Gasteiger partial charge in [-0.1, -0.05) is 30.3 Å². The van der Waals surface area contributed by atoms with Crippen LogP contribution >= 0.6 is 0 Å². The van der Waals surface area contributed by atoms with Gasteiger partial charge in [-0.25, -0.2) is 4.68 Å². The van der Waals surface area contributed by atoms with E-state index in [1.165, 1.54) is 5.56 Å². The van der Waals surface area contributed by atoms with E-state index < -0.39 is 0 Å². The van der Waals surface area contributed by atoms with Crippen LogP contribution in [0.1, 0.15) is 29.8 Å². The number of aromatic nitrogens is 3. The second kappa shape index (κ2) is 4.52. The highest BCUT2D eigenvalue weighted by molar-refractivity contribution is 5.36. The molecule has 0 saturated heterocycles. The molecule has 20 heavy (non-hydrogen) atoms. The molecular formula is C15H14N4O. The lowest BCUT2D eigenvalue weighted by atomic mass is 9.96. The monoisotopic (exact) mass is 266 g/mol. The van der Waals surface area contributed by atoms with E-state index in [2.05, 4.69) is 39.7 Å². The smallest absolute Gasteiger partial charge is 0.222 e. The molecule has 0 unspecified atom stereocenters. The maximum absolute atomic E-state index is 5.57. The standard InChI is InChI=1S/C15H14N4O/c1-2-5-11(6-3-1)12-9-13(14-7-4-8-20-14)19-15(18-12)16-10-17-19/h1-8,10,12-13H,9H2,(H,16,17,18)/t12-,13+/m0/s1. The molecule has 3 aromatic rings. The average molecular weight is 266 g/mol. The molecule has 0 radical (unpaired) electrons. The number of anilines is 1. The largest absolute Gasteiger partial charge is 0.467 e. The van der Waals surface area contributed by atoms with Crippen molar-refractivity contribution in [2.75, 3.05) is 5.32 Å². The average Bonchev–Trinajstić information content (AvgIpc) is 3.18. The molecule has 5 heteroatoms. The third-order valence-corrected chi connectivity index (χ3v) is 3.70. The van der Waals surface area contributed by atoms with E-state index in [-0.39, 0.29) is 12.1 Å². The second-order valence-corrected chi connectivity index (χ2v) is 4.90. The fourth-order valence-electron chi connectivity index (χ4n) is 2.74. The summed E-state index contributed by atoms with van der Waals surface area (Å²) in [5.41, 5.74) is 1.25. The van der Waals surface area contributed by atoms with E-state index in [0.29, 0.717) is 0 Å². The van der Waals surface area contributed by atoms with Crippen LogP contribution < -0.4 is 5.32 Å². The first-order valence-corrected chi connectivity index (χ1v) is 6.66. The number of furan rings is 1. The van der Waals surface area contributed by atoms with Gasteiger partial charge in [0.1, 0.15) is 18.1 Å². The molecular weight excluding hydrogens is 252 g/mol. The molecule has 1 aromatic carbocycles. The van der Waals surface area contributed by atoms with Crippen LogP contribution in [0, 0.1) is 0 Å². The molecule has 100 valence electrons. The van der Waals surface area contributed by atoms with Crippen LogP contribution in [0.25, 0.3) is 0 Å². The molecule has 1 N–H and O–H groups in total. The Labute approximate surface area is 116 Å². The second-order valence-electron chi connectivity index (χ2n) is 4.90. The number of rotatable bonds is 2. The predicted molar refractivity (Wildman–Crippen MR) is 74.3 cm³/mol. The van der Waals surface area contributed by atoms with Crippen molar-refractivity contribution in [1.29, 1.82) is 0 Å². The van der Waals surface area contributed by atoms with Crippen LogP contribution in [0.4, 0.5) is 5.95 Å². The van der Waals surface area contributed by atoms with E-state index in [4.69, 9.17) is 4.42 Å². The molecule has 3 heterocycles. The zero-order valence-electron chi connectivity index (χ0n) is 10.8. The fourth-order valence-corrected chi connectivity index (χ4v) is 2.74. The summed E-state index contributed by atoms with van der Waals surface area (Å²) in [7, 11) is 0. The van der Waals surface area contributed by atoms with E-state index in [0.717, 1.165) is 18.1 Å². The van der Waals surface area contributed by atoms with Crippen molar-refractivity contribution in [3.05, 3.63) is 66.4 Å². The Morgan fingerprint density at radius 1 is 1.15 bits per heavy atom. The van der Waals surface area contributed by atoms with E-state index in [9.17, 15) is 0 Å². The molecule has 0 bridgehead atoms. The lowest BCUT2D eigenvalue weighted by Crippen LogP contribution is -2.27. The van der Waals surface area contributed by atoms with Gasteiger partial charge >= 0.3 is 0 Å².